The van der Waals surface area contributed by atoms with Crippen molar-refractivity contribution in [1.82, 2.24) is 5.32 Å². The fourth-order valence-electron chi connectivity index (χ4n) is 5.44. The Balaban J connectivity index is 1.29. The number of nitrogens with one attached hydrogen (secondary N) is 1. The number of phenols is 2. The number of ether oxygens (including phenoxy) is 1. The number of hydrogen-bond acceptors (Lipinski definition) is 6. The first-order valence-electron chi connectivity index (χ1n) is 13.7. The van der Waals surface area contributed by atoms with Crippen LogP contribution in [0.1, 0.15) is 40.7 Å². The molecule has 0 amide bonds. The number of fused-ring (bicyclic) bond motifs is 1. The molecule has 1 aromatic heterocycles. The van der Waals surface area contributed by atoms with Gasteiger partial charge < -0.3 is 20.3 Å². The maximum absolute atomic E-state index is 13.9. The normalized spacial score (nSPS) is 16.1. The number of rotatable bonds is 8. The van der Waals surface area contributed by atoms with Crippen molar-refractivity contribution in [3.63, 3.8) is 0 Å². The van der Waals surface area contributed by atoms with Crippen molar-refractivity contribution in [2.45, 2.75) is 37.8 Å². The quantitative estimate of drug-likeness (QED) is 0.177. The van der Waals surface area contributed by atoms with Gasteiger partial charge in [0.25, 0.3) is 0 Å². The molecule has 2 unspecified atom stereocenters. The molecular formula is C34H31NO4S. The third kappa shape index (κ3) is 5.60. The molecule has 3 N–H and O–H groups in total. The summed E-state index contributed by atoms with van der Waals surface area (Å²) < 4.78 is 7.38. The van der Waals surface area contributed by atoms with Crippen molar-refractivity contribution in [2.75, 3.05) is 6.54 Å². The summed E-state index contributed by atoms with van der Waals surface area (Å²) in [5.41, 5.74) is 3.23. The van der Waals surface area contributed by atoms with E-state index in [2.05, 4.69) is 29.6 Å². The molecule has 5 aromatic rings. The first-order chi connectivity index (χ1) is 19.5. The van der Waals surface area contributed by atoms with E-state index in [1.165, 1.54) is 29.7 Å². The number of hydrogen-bond donors (Lipinski definition) is 3. The van der Waals surface area contributed by atoms with Gasteiger partial charge in [-0.05, 0) is 97.2 Å². The van der Waals surface area contributed by atoms with Crippen LogP contribution in [-0.4, -0.2) is 34.7 Å². The minimum absolute atomic E-state index is 0.0150. The second-order valence-corrected chi connectivity index (χ2v) is 11.3. The largest absolute Gasteiger partial charge is 0.508 e. The summed E-state index contributed by atoms with van der Waals surface area (Å²) in [5.74, 6) is 0.967. The minimum atomic E-state index is -0.0960. The van der Waals surface area contributed by atoms with Gasteiger partial charge in [0.05, 0.1) is 0 Å². The van der Waals surface area contributed by atoms with Gasteiger partial charge in [-0.2, -0.15) is 0 Å². The molecule has 202 valence electrons. The van der Waals surface area contributed by atoms with E-state index >= 15 is 0 Å². The van der Waals surface area contributed by atoms with Crippen LogP contribution in [0.15, 0.2) is 97.1 Å². The Labute approximate surface area is 237 Å². The third-order valence-corrected chi connectivity index (χ3v) is 8.71. The Morgan fingerprint density at radius 3 is 2.38 bits per heavy atom. The van der Waals surface area contributed by atoms with Gasteiger partial charge in [-0.15, -0.1) is 11.3 Å². The number of thiophene rings is 1. The zero-order valence-corrected chi connectivity index (χ0v) is 22.9. The molecule has 1 fully saturated rings. The number of phenolic OH excluding ortho intramolecular Hbond substituents is 2. The number of benzene rings is 4. The van der Waals surface area contributed by atoms with E-state index in [1.54, 1.807) is 42.5 Å². The molecule has 1 aliphatic rings. The van der Waals surface area contributed by atoms with Crippen LogP contribution in [0, 0.1) is 0 Å². The first-order valence-corrected chi connectivity index (χ1v) is 14.5. The molecule has 40 heavy (non-hydrogen) atoms. The predicted octanol–water partition coefficient (Wildman–Crippen LogP) is 7.34. The Hall–Kier alpha value is -4.13. The molecule has 6 heteroatoms. The predicted molar refractivity (Wildman–Crippen MR) is 161 cm³/mol. The lowest BCUT2D eigenvalue weighted by atomic mass is 9.95. The van der Waals surface area contributed by atoms with Gasteiger partial charge in [0.15, 0.2) is 5.78 Å². The number of carbonyl (C=O) groups is 1. The minimum Gasteiger partial charge on any atom is -0.508 e. The van der Waals surface area contributed by atoms with E-state index < -0.39 is 0 Å². The number of piperidine rings is 1. The summed E-state index contributed by atoms with van der Waals surface area (Å²) in [6, 6.07) is 30.0. The van der Waals surface area contributed by atoms with Crippen LogP contribution in [0.25, 0.3) is 20.5 Å². The Morgan fingerprint density at radius 2 is 1.65 bits per heavy atom. The van der Waals surface area contributed by atoms with Gasteiger partial charge in [-0.1, -0.05) is 36.8 Å². The van der Waals surface area contributed by atoms with Gasteiger partial charge in [0.2, 0.25) is 0 Å². The van der Waals surface area contributed by atoms with Crippen molar-refractivity contribution < 1.29 is 19.7 Å². The monoisotopic (exact) mass is 549 g/mol. The van der Waals surface area contributed by atoms with Crippen LogP contribution >= 0.6 is 11.3 Å². The van der Waals surface area contributed by atoms with E-state index in [9.17, 15) is 15.0 Å². The molecular weight excluding hydrogens is 518 g/mol. The molecule has 5 nitrogen and oxygen atoms in total. The van der Waals surface area contributed by atoms with E-state index in [-0.39, 0.29) is 29.4 Å². The topological polar surface area (TPSA) is 78.8 Å². The Morgan fingerprint density at radius 1 is 0.900 bits per heavy atom. The van der Waals surface area contributed by atoms with Gasteiger partial charge in [-0.25, -0.2) is 0 Å². The average Bonchev–Trinajstić information content (AvgIpc) is 3.36. The zero-order chi connectivity index (χ0) is 27.5. The van der Waals surface area contributed by atoms with E-state index in [0.717, 1.165) is 45.7 Å². The van der Waals surface area contributed by atoms with Crippen LogP contribution < -0.4 is 10.1 Å². The summed E-state index contributed by atoms with van der Waals surface area (Å²) in [5, 5.41) is 24.3. The van der Waals surface area contributed by atoms with Crippen LogP contribution in [0.3, 0.4) is 0 Å². The molecule has 6 rings (SSSR count). The highest BCUT2D eigenvalue weighted by Crippen LogP contribution is 2.41. The SMILES string of the molecule is O=C(c1ccc(OC(Cc2ccccc2)C2CCCCN2)cc1)c1c(-c2ccc(O)cc2)sc2cc(O)ccc12. The first kappa shape index (κ1) is 26.1. The lowest BCUT2D eigenvalue weighted by Gasteiger charge is -2.32. The van der Waals surface area contributed by atoms with Crippen LogP contribution in [-0.2, 0) is 6.42 Å². The molecule has 1 aliphatic heterocycles. The number of ketones is 1. The summed E-state index contributed by atoms with van der Waals surface area (Å²) in [6.45, 7) is 1.00. The molecule has 2 atom stereocenters. The Kier molecular flexibility index (Phi) is 7.53. The molecule has 0 spiro atoms. The van der Waals surface area contributed by atoms with E-state index in [4.69, 9.17) is 4.74 Å². The smallest absolute Gasteiger partial charge is 0.195 e. The highest BCUT2D eigenvalue weighted by molar-refractivity contribution is 7.22. The molecule has 0 aliphatic carbocycles. The van der Waals surface area contributed by atoms with Crippen molar-refractivity contribution in [2.24, 2.45) is 0 Å². The van der Waals surface area contributed by atoms with Crippen molar-refractivity contribution in [3.05, 3.63) is 114 Å². The molecule has 1 saturated heterocycles. The van der Waals surface area contributed by atoms with E-state index in [0.29, 0.717) is 11.1 Å². The van der Waals surface area contributed by atoms with Crippen molar-refractivity contribution >= 4 is 27.2 Å². The van der Waals surface area contributed by atoms with Gasteiger partial charge in [-0.3, -0.25) is 4.79 Å². The Bertz CT molecular complexity index is 1600. The van der Waals surface area contributed by atoms with Crippen LogP contribution in [0.4, 0.5) is 0 Å². The van der Waals surface area contributed by atoms with Gasteiger partial charge in [0.1, 0.15) is 23.4 Å². The average molecular weight is 550 g/mol. The van der Waals surface area contributed by atoms with Gasteiger partial charge >= 0.3 is 0 Å². The standard InChI is InChI=1S/C34H31NO4S/c36-25-13-9-24(10-14-25)34-32(28-18-15-26(37)21-31(28)40-34)33(38)23-11-16-27(17-12-23)39-30(29-8-4-5-19-35-29)20-22-6-2-1-3-7-22/h1-3,6-7,9-18,21,29-30,35-37H,4-5,8,19-20H2. The van der Waals surface area contributed by atoms with Crippen molar-refractivity contribution in [3.8, 4) is 27.7 Å². The highest BCUT2D eigenvalue weighted by Gasteiger charge is 2.26. The molecule has 0 bridgehead atoms. The summed E-state index contributed by atoms with van der Waals surface area (Å²) >= 11 is 1.45. The maximum Gasteiger partial charge on any atom is 0.195 e. The summed E-state index contributed by atoms with van der Waals surface area (Å²) in [4.78, 5) is 14.7. The third-order valence-electron chi connectivity index (χ3n) is 7.51. The summed E-state index contributed by atoms with van der Waals surface area (Å²) in [6.07, 6.45) is 4.25. The second-order valence-electron chi connectivity index (χ2n) is 10.3. The fraction of sp³-hybridized carbons (Fsp3) is 0.206. The molecule has 4 aromatic carbocycles. The lowest BCUT2D eigenvalue weighted by Crippen LogP contribution is -2.46. The van der Waals surface area contributed by atoms with E-state index in [1.807, 2.05) is 30.3 Å². The van der Waals surface area contributed by atoms with Crippen molar-refractivity contribution in [1.29, 1.82) is 0 Å². The van der Waals surface area contributed by atoms with Crippen LogP contribution in [0.2, 0.25) is 0 Å². The number of aromatic hydroxyl groups is 2. The highest BCUT2D eigenvalue weighted by atomic mass is 32.1. The molecule has 2 heterocycles. The number of carbonyl (C=O) groups excluding carboxylic acids is 1. The maximum atomic E-state index is 13.9. The van der Waals surface area contributed by atoms with Crippen LogP contribution in [0.5, 0.6) is 17.2 Å². The fourth-order valence-corrected chi connectivity index (χ4v) is 6.68. The molecule has 0 saturated carbocycles. The second kappa shape index (κ2) is 11.5. The zero-order valence-electron chi connectivity index (χ0n) is 22.0. The molecule has 0 radical (unpaired) electrons. The summed E-state index contributed by atoms with van der Waals surface area (Å²) in [7, 11) is 0. The lowest BCUT2D eigenvalue weighted by molar-refractivity contribution is 0.104. The van der Waals surface area contributed by atoms with Gasteiger partial charge in [0, 0.05) is 38.6 Å².